The van der Waals surface area contributed by atoms with Crippen LogP contribution in [0.15, 0.2) is 49.2 Å². The summed E-state index contributed by atoms with van der Waals surface area (Å²) in [5.41, 5.74) is 5.82. The van der Waals surface area contributed by atoms with Crippen LogP contribution in [-0.4, -0.2) is 41.3 Å². The van der Waals surface area contributed by atoms with Crippen molar-refractivity contribution >= 4 is 22.8 Å². The first-order valence-electron chi connectivity index (χ1n) is 9.68. The van der Waals surface area contributed by atoms with Crippen molar-refractivity contribution in [1.29, 1.82) is 0 Å². The lowest BCUT2D eigenvalue weighted by Gasteiger charge is -2.11. The molecule has 0 aliphatic rings. The Bertz CT molecular complexity index is 1450. The molecule has 0 amide bonds. The number of H-pyrrole nitrogens is 2. The van der Waals surface area contributed by atoms with E-state index in [2.05, 4.69) is 30.0 Å². The Morgan fingerprint density at radius 2 is 2.00 bits per heavy atom. The molecule has 0 aliphatic heterocycles. The summed E-state index contributed by atoms with van der Waals surface area (Å²) >= 11 is 5.82. The molecule has 8 nitrogen and oxygen atoms in total. The molecule has 2 N–H and O–H groups in total. The number of benzene rings is 1. The number of aromatic nitrogens is 7. The average molecular weight is 474 g/mol. The zero-order chi connectivity index (χ0) is 23.2. The molecule has 0 saturated heterocycles. The Morgan fingerprint density at radius 1 is 1.15 bits per heavy atom. The zero-order valence-corrected chi connectivity index (χ0v) is 17.7. The first-order valence-corrected chi connectivity index (χ1v) is 10.1. The van der Waals surface area contributed by atoms with E-state index in [-0.39, 0.29) is 11.6 Å². The van der Waals surface area contributed by atoms with Crippen molar-refractivity contribution in [1.82, 2.24) is 34.9 Å². The number of hydrogen-bond donors (Lipinski definition) is 2. The maximum Gasteiger partial charge on any atom is 0.573 e. The minimum Gasteiger partial charge on any atom is -0.404 e. The minimum absolute atomic E-state index is 0.127. The van der Waals surface area contributed by atoms with Crippen LogP contribution in [0.5, 0.6) is 5.75 Å². The highest BCUT2D eigenvalue weighted by Gasteiger charge is 2.32. The second-order valence-electron chi connectivity index (χ2n) is 7.30. The SMILES string of the molecule is Cc1[nH]ncc1-c1cnc2[nH]cc(-c3cnn(Cc4ccc(Cl)c(OC(F)(F)F)c4)c3)c2n1. The number of halogens is 4. The molecule has 12 heteroatoms. The van der Waals surface area contributed by atoms with E-state index >= 15 is 0 Å². The highest BCUT2D eigenvalue weighted by atomic mass is 35.5. The third-order valence-corrected chi connectivity index (χ3v) is 5.31. The Kier molecular flexibility index (Phi) is 5.05. The molecule has 0 bridgehead atoms. The summed E-state index contributed by atoms with van der Waals surface area (Å²) in [6.45, 7) is 2.12. The van der Waals surface area contributed by atoms with E-state index in [1.807, 2.05) is 6.92 Å². The lowest BCUT2D eigenvalue weighted by Crippen LogP contribution is -2.17. The molecule has 33 heavy (non-hydrogen) atoms. The van der Waals surface area contributed by atoms with Crippen LogP contribution in [0.3, 0.4) is 0 Å². The van der Waals surface area contributed by atoms with Crippen LogP contribution in [0.2, 0.25) is 5.02 Å². The lowest BCUT2D eigenvalue weighted by atomic mass is 10.1. The van der Waals surface area contributed by atoms with Gasteiger partial charge in [0.2, 0.25) is 0 Å². The Labute approximate surface area is 189 Å². The molecule has 0 radical (unpaired) electrons. The van der Waals surface area contributed by atoms with E-state index in [4.69, 9.17) is 16.6 Å². The first-order chi connectivity index (χ1) is 15.8. The fourth-order valence-electron chi connectivity index (χ4n) is 3.48. The van der Waals surface area contributed by atoms with Crippen LogP contribution in [0, 0.1) is 6.92 Å². The summed E-state index contributed by atoms with van der Waals surface area (Å²) in [7, 11) is 0. The van der Waals surface area contributed by atoms with Gasteiger partial charge in [-0.3, -0.25) is 9.78 Å². The standard InChI is InChI=1S/C21H15ClF3N7O/c1-11-14(7-28-31-11)17-8-27-20-19(30-17)15(6-26-20)13-5-29-32(10-13)9-12-2-3-16(22)18(4-12)33-21(23,24)25/h2-8,10H,9H2,1H3,(H,26,27)(H,28,31). The molecule has 5 aromatic rings. The minimum atomic E-state index is -4.83. The van der Waals surface area contributed by atoms with E-state index in [1.165, 1.54) is 12.1 Å². The molecule has 0 atom stereocenters. The molecule has 4 heterocycles. The maximum absolute atomic E-state index is 12.6. The van der Waals surface area contributed by atoms with E-state index in [0.29, 0.717) is 22.4 Å². The number of ether oxygens (including phenoxy) is 1. The summed E-state index contributed by atoms with van der Waals surface area (Å²) in [6.07, 6.45) is 3.76. The van der Waals surface area contributed by atoms with Crippen LogP contribution in [0.4, 0.5) is 13.2 Å². The van der Waals surface area contributed by atoms with Gasteiger partial charge >= 0.3 is 6.36 Å². The van der Waals surface area contributed by atoms with E-state index in [0.717, 1.165) is 22.4 Å². The smallest absolute Gasteiger partial charge is 0.404 e. The molecule has 0 aliphatic carbocycles. The third kappa shape index (κ3) is 4.27. The molecule has 5 rings (SSSR count). The maximum atomic E-state index is 12.6. The number of alkyl halides is 3. The van der Waals surface area contributed by atoms with Gasteiger partial charge in [-0.25, -0.2) is 9.97 Å². The topological polar surface area (TPSA) is 97.3 Å². The summed E-state index contributed by atoms with van der Waals surface area (Å²) in [4.78, 5) is 12.3. The van der Waals surface area contributed by atoms with Gasteiger partial charge in [0, 0.05) is 34.8 Å². The predicted molar refractivity (Wildman–Crippen MR) is 115 cm³/mol. The van der Waals surface area contributed by atoms with Crippen molar-refractivity contribution in [3.8, 4) is 28.1 Å². The van der Waals surface area contributed by atoms with E-state index in [9.17, 15) is 13.2 Å². The van der Waals surface area contributed by atoms with Crippen molar-refractivity contribution in [2.45, 2.75) is 19.8 Å². The Balaban J connectivity index is 1.43. The van der Waals surface area contributed by atoms with Gasteiger partial charge in [0.05, 0.1) is 35.9 Å². The normalized spacial score (nSPS) is 11.9. The molecule has 168 valence electrons. The second kappa shape index (κ2) is 7.93. The van der Waals surface area contributed by atoms with Crippen LogP contribution in [0.1, 0.15) is 11.3 Å². The van der Waals surface area contributed by atoms with Crippen molar-refractivity contribution in [2.24, 2.45) is 0 Å². The van der Waals surface area contributed by atoms with Gasteiger partial charge < -0.3 is 9.72 Å². The number of hydrogen-bond acceptors (Lipinski definition) is 5. The third-order valence-electron chi connectivity index (χ3n) is 5.00. The van der Waals surface area contributed by atoms with Gasteiger partial charge in [0.25, 0.3) is 0 Å². The Morgan fingerprint density at radius 3 is 2.76 bits per heavy atom. The lowest BCUT2D eigenvalue weighted by molar-refractivity contribution is -0.274. The van der Waals surface area contributed by atoms with Crippen LogP contribution in [0.25, 0.3) is 33.5 Å². The molecular formula is C21H15ClF3N7O. The number of nitrogens with zero attached hydrogens (tertiary/aromatic N) is 5. The van der Waals surface area contributed by atoms with E-state index in [1.54, 1.807) is 41.7 Å². The summed E-state index contributed by atoms with van der Waals surface area (Å²) in [5.74, 6) is -0.456. The molecule has 0 saturated carbocycles. The van der Waals surface area contributed by atoms with Crippen molar-refractivity contribution < 1.29 is 17.9 Å². The van der Waals surface area contributed by atoms with Crippen molar-refractivity contribution in [2.75, 3.05) is 0 Å². The van der Waals surface area contributed by atoms with Gasteiger partial charge in [0.1, 0.15) is 11.3 Å². The van der Waals surface area contributed by atoms with Crippen LogP contribution >= 0.6 is 11.6 Å². The molecule has 1 aromatic carbocycles. The molecule has 4 aromatic heterocycles. The number of fused-ring (bicyclic) bond motifs is 1. The van der Waals surface area contributed by atoms with Crippen LogP contribution in [-0.2, 0) is 6.54 Å². The summed E-state index contributed by atoms with van der Waals surface area (Å²) < 4.78 is 43.4. The fourth-order valence-corrected chi connectivity index (χ4v) is 3.63. The summed E-state index contributed by atoms with van der Waals surface area (Å²) in [5, 5.41) is 11.1. The number of aryl methyl sites for hydroxylation is 1. The molecule has 0 spiro atoms. The molecule has 0 fully saturated rings. The summed E-state index contributed by atoms with van der Waals surface area (Å²) in [6, 6.07) is 4.22. The Hall–Kier alpha value is -3.86. The number of nitrogens with one attached hydrogen (secondary N) is 2. The van der Waals surface area contributed by atoms with Gasteiger partial charge in [-0.05, 0) is 24.6 Å². The quantitative estimate of drug-likeness (QED) is 0.369. The van der Waals surface area contributed by atoms with Crippen molar-refractivity contribution in [3.05, 3.63) is 65.5 Å². The highest BCUT2D eigenvalue weighted by Crippen LogP contribution is 2.32. The largest absolute Gasteiger partial charge is 0.573 e. The molecule has 0 unspecified atom stereocenters. The monoisotopic (exact) mass is 473 g/mol. The first kappa shape index (κ1) is 21.0. The number of aromatic amines is 2. The fraction of sp³-hybridized carbons (Fsp3) is 0.143. The van der Waals surface area contributed by atoms with Gasteiger partial charge in [0.15, 0.2) is 5.65 Å². The second-order valence-corrected chi connectivity index (χ2v) is 7.71. The predicted octanol–water partition coefficient (Wildman–Crippen LogP) is 5.12. The average Bonchev–Trinajstić information content (AvgIpc) is 3.48. The number of rotatable bonds is 5. The van der Waals surface area contributed by atoms with Gasteiger partial charge in [-0.1, -0.05) is 17.7 Å². The van der Waals surface area contributed by atoms with Gasteiger partial charge in [-0.15, -0.1) is 13.2 Å². The highest BCUT2D eigenvalue weighted by molar-refractivity contribution is 6.32. The zero-order valence-electron chi connectivity index (χ0n) is 17.0. The van der Waals surface area contributed by atoms with Gasteiger partial charge in [-0.2, -0.15) is 10.2 Å². The van der Waals surface area contributed by atoms with Crippen LogP contribution < -0.4 is 4.74 Å². The molecular weight excluding hydrogens is 459 g/mol. The van der Waals surface area contributed by atoms with E-state index < -0.39 is 12.1 Å². The van der Waals surface area contributed by atoms with Crippen molar-refractivity contribution in [3.63, 3.8) is 0 Å².